The highest BCUT2D eigenvalue weighted by atomic mass is 28.4. The van der Waals surface area contributed by atoms with Gasteiger partial charge in [0.2, 0.25) is 5.78 Å². The molecule has 2 heterocycles. The van der Waals surface area contributed by atoms with E-state index in [0.29, 0.717) is 11.5 Å². The third-order valence-corrected chi connectivity index (χ3v) is 18.2. The zero-order valence-electron chi connectivity index (χ0n) is 23.9. The number of ketones is 1. The number of Topliss-reactive ketones (excluding diaryl/α,β-unsaturated/α-hetero) is 1. The largest absolute Gasteiger partial charge is 0.458 e. The molecule has 202 valence electrons. The number of unbranched alkanes of at least 4 members (excludes halogenated alkanes) is 4. The number of allylic oxidation sites excluding steroid dienone is 1. The van der Waals surface area contributed by atoms with Crippen molar-refractivity contribution in [2.24, 2.45) is 0 Å². The smallest absolute Gasteiger partial charge is 0.295 e. The molecule has 35 heavy (non-hydrogen) atoms. The molecule has 0 aromatic rings. The molecular formula is C28H52O5Si2. The molecule has 0 aromatic carbocycles. The predicted molar refractivity (Wildman–Crippen MR) is 149 cm³/mol. The van der Waals surface area contributed by atoms with Crippen LogP contribution in [0.15, 0.2) is 23.9 Å². The Morgan fingerprint density at radius 2 is 1.40 bits per heavy atom. The fourth-order valence-electron chi connectivity index (χ4n) is 5.73. The minimum absolute atomic E-state index is 0.135. The van der Waals surface area contributed by atoms with Crippen LogP contribution in [0.25, 0.3) is 0 Å². The summed E-state index contributed by atoms with van der Waals surface area (Å²) in [5.41, 5.74) is -0.239. The first kappa shape index (κ1) is 30.3. The monoisotopic (exact) mass is 524 g/mol. The number of hydrogen-bond acceptors (Lipinski definition) is 5. The van der Waals surface area contributed by atoms with E-state index < -0.39 is 28.3 Å². The molecule has 0 fully saturated rings. The summed E-state index contributed by atoms with van der Waals surface area (Å²) < 4.78 is 26.8. The van der Waals surface area contributed by atoms with Crippen LogP contribution in [0.2, 0.25) is 36.3 Å². The van der Waals surface area contributed by atoms with E-state index in [1.165, 1.54) is 25.7 Å². The predicted octanol–water partition coefficient (Wildman–Crippen LogP) is 8.24. The van der Waals surface area contributed by atoms with Crippen molar-refractivity contribution in [3.63, 3.8) is 0 Å². The van der Waals surface area contributed by atoms with Gasteiger partial charge in [0.15, 0.2) is 22.4 Å². The maximum atomic E-state index is 13.3. The Morgan fingerprint density at radius 3 is 1.91 bits per heavy atom. The highest BCUT2D eigenvalue weighted by Crippen LogP contribution is 2.48. The molecule has 2 aliphatic heterocycles. The van der Waals surface area contributed by atoms with Gasteiger partial charge in [0.1, 0.15) is 23.4 Å². The molecule has 2 aliphatic rings. The summed E-state index contributed by atoms with van der Waals surface area (Å²) in [5.74, 6) is 0.257. The van der Waals surface area contributed by atoms with Gasteiger partial charge in [0, 0.05) is 0 Å². The topological polar surface area (TPSA) is 54.0 Å². The summed E-state index contributed by atoms with van der Waals surface area (Å²) in [6.07, 6.45) is 6.10. The quantitative estimate of drug-likeness (QED) is 0.116. The zero-order valence-corrected chi connectivity index (χ0v) is 25.9. The van der Waals surface area contributed by atoms with Gasteiger partial charge in [-0.2, -0.15) is 0 Å². The van der Waals surface area contributed by atoms with E-state index in [-0.39, 0.29) is 17.6 Å². The van der Waals surface area contributed by atoms with Gasteiger partial charge >= 0.3 is 0 Å². The van der Waals surface area contributed by atoms with Crippen LogP contribution in [-0.4, -0.2) is 40.2 Å². The van der Waals surface area contributed by atoms with E-state index in [4.69, 9.17) is 18.3 Å². The number of rotatable bonds is 16. The molecule has 0 bridgehead atoms. The van der Waals surface area contributed by atoms with Crippen LogP contribution < -0.4 is 0 Å². The normalized spacial score (nSPS) is 25.0. The van der Waals surface area contributed by atoms with Gasteiger partial charge in [-0.05, 0) is 56.0 Å². The molecule has 0 unspecified atom stereocenters. The van der Waals surface area contributed by atoms with Gasteiger partial charge in [-0.25, -0.2) is 0 Å². The fraction of sp³-hybridized carbons (Fsp3) is 0.821. The molecule has 3 atom stereocenters. The van der Waals surface area contributed by atoms with Crippen LogP contribution in [0.4, 0.5) is 0 Å². The lowest BCUT2D eigenvalue weighted by molar-refractivity contribution is -0.154. The van der Waals surface area contributed by atoms with Gasteiger partial charge in [0.05, 0.1) is 0 Å². The van der Waals surface area contributed by atoms with Crippen LogP contribution in [0.5, 0.6) is 0 Å². The van der Waals surface area contributed by atoms with Crippen molar-refractivity contribution in [3.8, 4) is 0 Å². The lowest BCUT2D eigenvalue weighted by Gasteiger charge is -2.52. The minimum atomic E-state index is -2.08. The van der Waals surface area contributed by atoms with E-state index in [9.17, 15) is 4.79 Å². The zero-order chi connectivity index (χ0) is 26.3. The fourth-order valence-corrected chi connectivity index (χ4v) is 11.7. The second-order valence-corrected chi connectivity index (χ2v) is 20.1. The van der Waals surface area contributed by atoms with Crippen molar-refractivity contribution in [2.45, 2.75) is 148 Å². The molecule has 5 nitrogen and oxygen atoms in total. The highest BCUT2D eigenvalue weighted by Gasteiger charge is 2.59. The van der Waals surface area contributed by atoms with Crippen molar-refractivity contribution in [3.05, 3.63) is 23.9 Å². The number of hydrogen-bond donors (Lipinski definition) is 0. The average molecular weight is 525 g/mol. The molecule has 0 saturated heterocycles. The molecule has 0 N–H and O–H groups in total. The highest BCUT2D eigenvalue weighted by molar-refractivity contribution is 6.74. The maximum absolute atomic E-state index is 13.3. The summed E-state index contributed by atoms with van der Waals surface area (Å²) in [6.45, 7) is 21.7. The molecule has 2 rings (SSSR count). The Bertz CT molecular complexity index is 740. The van der Waals surface area contributed by atoms with Crippen LogP contribution in [0, 0.1) is 0 Å². The van der Waals surface area contributed by atoms with Crippen molar-refractivity contribution in [2.75, 3.05) is 0 Å². The number of carbonyl (C=O) groups is 1. The van der Waals surface area contributed by atoms with E-state index in [2.05, 4.69) is 62.0 Å². The first-order valence-electron chi connectivity index (χ1n) is 14.3. The SMILES string of the molecule is C=C1OC2=C(C1=O)[C@@H](O[Si](CC)(CC)CC)[C@](C)(O[Si](CC)(CC)CC)[C@@H](CCCCCCC)O2. The van der Waals surface area contributed by atoms with E-state index in [1.54, 1.807) is 0 Å². The third-order valence-electron chi connectivity index (χ3n) is 8.85. The Balaban J connectivity index is 2.58. The molecule has 7 heteroatoms. The van der Waals surface area contributed by atoms with Crippen LogP contribution >= 0.6 is 0 Å². The number of ether oxygens (including phenoxy) is 2. The van der Waals surface area contributed by atoms with Crippen molar-refractivity contribution in [1.82, 2.24) is 0 Å². The first-order chi connectivity index (χ1) is 16.6. The van der Waals surface area contributed by atoms with Crippen molar-refractivity contribution in [1.29, 1.82) is 0 Å². The Morgan fingerprint density at radius 1 is 0.857 bits per heavy atom. The minimum Gasteiger partial charge on any atom is -0.458 e. The molecule has 0 aliphatic carbocycles. The van der Waals surface area contributed by atoms with Gasteiger partial charge in [-0.15, -0.1) is 0 Å². The number of carbonyl (C=O) groups excluding carboxylic acids is 1. The summed E-state index contributed by atoms with van der Waals surface area (Å²) in [5, 5.41) is 0. The molecular weight excluding hydrogens is 472 g/mol. The molecule has 0 spiro atoms. The van der Waals surface area contributed by atoms with Gasteiger partial charge in [-0.3, -0.25) is 4.79 Å². The van der Waals surface area contributed by atoms with E-state index in [1.807, 2.05) is 0 Å². The second-order valence-electron chi connectivity index (χ2n) is 10.6. The lowest BCUT2D eigenvalue weighted by atomic mass is 9.82. The molecule has 0 aromatic heterocycles. The maximum Gasteiger partial charge on any atom is 0.295 e. The first-order valence-corrected chi connectivity index (χ1v) is 19.4. The Hall–Kier alpha value is -0.896. The molecule has 0 radical (unpaired) electrons. The van der Waals surface area contributed by atoms with E-state index >= 15 is 0 Å². The van der Waals surface area contributed by atoms with Crippen LogP contribution in [0.1, 0.15) is 93.9 Å². The van der Waals surface area contributed by atoms with Gasteiger partial charge in [-0.1, -0.05) is 80.7 Å². The average Bonchev–Trinajstić information content (AvgIpc) is 3.15. The van der Waals surface area contributed by atoms with Crippen molar-refractivity contribution >= 4 is 22.4 Å². The van der Waals surface area contributed by atoms with Crippen LogP contribution in [0.3, 0.4) is 0 Å². The summed E-state index contributed by atoms with van der Waals surface area (Å²) in [4.78, 5) is 13.3. The van der Waals surface area contributed by atoms with E-state index in [0.717, 1.165) is 49.1 Å². The van der Waals surface area contributed by atoms with Gasteiger partial charge in [0.25, 0.3) is 5.95 Å². The lowest BCUT2D eigenvalue weighted by Crippen LogP contribution is -2.64. The van der Waals surface area contributed by atoms with Gasteiger partial charge < -0.3 is 18.3 Å². The third kappa shape index (κ3) is 6.33. The molecule has 0 saturated carbocycles. The second kappa shape index (κ2) is 13.1. The van der Waals surface area contributed by atoms with Crippen LogP contribution in [-0.2, 0) is 23.1 Å². The summed E-state index contributed by atoms with van der Waals surface area (Å²) in [7, 11) is -4.13. The Labute approximate surface area is 217 Å². The summed E-state index contributed by atoms with van der Waals surface area (Å²) in [6, 6.07) is 6.12. The van der Waals surface area contributed by atoms with Crippen molar-refractivity contribution < 1.29 is 23.1 Å². The molecule has 0 amide bonds. The summed E-state index contributed by atoms with van der Waals surface area (Å²) >= 11 is 0. The Kier molecular flexibility index (Phi) is 11.3. The standard InChI is InChI=1S/C28H52O5Si2/c1-10-17-18-19-20-21-23-28(9,33-35(14-5,15-6)16-7)26(32-34(11-2,12-3)13-4)24-25(29)22(8)30-27(24)31-23/h23,26H,8,10-21H2,1-7,9H3/t23-,26-,28-/m1/s1.